The first kappa shape index (κ1) is 54.9. The molecule has 0 aliphatic rings. The predicted octanol–water partition coefficient (Wildman–Crippen LogP) is 15.5. The zero-order valence-corrected chi connectivity index (χ0v) is 37.8. The highest BCUT2D eigenvalue weighted by Crippen LogP contribution is 2.14. The summed E-state index contributed by atoms with van der Waals surface area (Å²) in [6.45, 7) is 6.32. The van der Waals surface area contributed by atoms with Crippen molar-refractivity contribution in [1.82, 2.24) is 0 Å². The molecule has 0 aliphatic carbocycles. The Morgan fingerprint density at radius 2 is 0.672 bits per heavy atom. The van der Waals surface area contributed by atoms with E-state index >= 15 is 0 Å². The maximum absolute atomic E-state index is 12.7. The molecule has 0 spiro atoms. The Hall–Kier alpha value is -3.15. The van der Waals surface area contributed by atoms with Crippen molar-refractivity contribution in [2.45, 2.75) is 226 Å². The normalized spacial score (nSPS) is 12.7. The summed E-state index contributed by atoms with van der Waals surface area (Å²) in [6, 6.07) is 0. The fraction of sp³-hybridized carbons (Fsp3) is 0.712. The van der Waals surface area contributed by atoms with Gasteiger partial charge in [0.05, 0.1) is 0 Å². The van der Waals surface area contributed by atoms with E-state index in [0.717, 1.165) is 103 Å². The van der Waals surface area contributed by atoms with Crippen molar-refractivity contribution < 1.29 is 28.6 Å². The molecule has 58 heavy (non-hydrogen) atoms. The van der Waals surface area contributed by atoms with Crippen molar-refractivity contribution in [2.24, 2.45) is 0 Å². The highest BCUT2D eigenvalue weighted by atomic mass is 16.6. The number of rotatable bonds is 42. The number of ether oxygens (including phenoxy) is 3. The van der Waals surface area contributed by atoms with E-state index in [4.69, 9.17) is 14.2 Å². The Kier molecular flexibility index (Phi) is 44.0. The van der Waals surface area contributed by atoms with E-state index in [0.29, 0.717) is 19.3 Å². The van der Waals surface area contributed by atoms with E-state index in [1.807, 2.05) is 0 Å². The molecule has 1 unspecified atom stereocenters. The minimum atomic E-state index is -0.792. The number of unbranched alkanes of at least 4 members (excludes halogenated alkanes) is 19. The zero-order chi connectivity index (χ0) is 42.3. The van der Waals surface area contributed by atoms with Gasteiger partial charge in [-0.2, -0.15) is 0 Å². The molecule has 6 nitrogen and oxygen atoms in total. The summed E-state index contributed by atoms with van der Waals surface area (Å²) in [5.41, 5.74) is 0. The molecule has 0 bridgehead atoms. The van der Waals surface area contributed by atoms with Gasteiger partial charge in [0.25, 0.3) is 0 Å². The van der Waals surface area contributed by atoms with Crippen LogP contribution in [0, 0.1) is 0 Å². The van der Waals surface area contributed by atoms with Crippen LogP contribution in [0.3, 0.4) is 0 Å². The minimum absolute atomic E-state index is 0.0924. The summed E-state index contributed by atoms with van der Waals surface area (Å²) >= 11 is 0. The average molecular weight is 809 g/mol. The van der Waals surface area contributed by atoms with Gasteiger partial charge in [-0.1, -0.05) is 171 Å². The van der Waals surface area contributed by atoms with E-state index in [2.05, 4.69) is 93.7 Å². The molecule has 332 valence electrons. The third-order valence-corrected chi connectivity index (χ3v) is 9.93. The molecular formula is C52H88O6. The van der Waals surface area contributed by atoms with Crippen LogP contribution in [-0.4, -0.2) is 37.2 Å². The molecule has 0 aromatic heterocycles. The molecule has 0 aliphatic heterocycles. The molecule has 6 heteroatoms. The summed E-state index contributed by atoms with van der Waals surface area (Å²) < 4.78 is 16.7. The fourth-order valence-electron chi connectivity index (χ4n) is 6.37. The summed E-state index contributed by atoms with van der Waals surface area (Å²) in [5, 5.41) is 0. The average Bonchev–Trinajstić information content (AvgIpc) is 3.22. The van der Waals surface area contributed by atoms with Crippen LogP contribution in [0.5, 0.6) is 0 Å². The van der Waals surface area contributed by atoms with E-state index < -0.39 is 6.10 Å². The lowest BCUT2D eigenvalue weighted by molar-refractivity contribution is -0.167. The van der Waals surface area contributed by atoms with Gasteiger partial charge in [-0.25, -0.2) is 0 Å². The molecule has 0 saturated carbocycles. The number of carbonyl (C=O) groups is 3. The van der Waals surface area contributed by atoms with E-state index in [1.54, 1.807) is 0 Å². The molecule has 0 radical (unpaired) electrons. The Bertz CT molecular complexity index is 1110. The van der Waals surface area contributed by atoms with Gasteiger partial charge >= 0.3 is 17.9 Å². The van der Waals surface area contributed by atoms with Gasteiger partial charge in [0.1, 0.15) is 13.2 Å². The second-order valence-electron chi connectivity index (χ2n) is 15.6. The molecule has 0 amide bonds. The summed E-state index contributed by atoms with van der Waals surface area (Å²) in [4.78, 5) is 37.7. The van der Waals surface area contributed by atoms with Crippen molar-refractivity contribution >= 4 is 17.9 Å². The van der Waals surface area contributed by atoms with Crippen molar-refractivity contribution in [3.05, 3.63) is 72.9 Å². The molecule has 1 atom stereocenters. The molecule has 0 saturated heterocycles. The van der Waals surface area contributed by atoms with Crippen LogP contribution in [0.25, 0.3) is 0 Å². The monoisotopic (exact) mass is 809 g/mol. The predicted molar refractivity (Wildman–Crippen MR) is 247 cm³/mol. The lowest BCUT2D eigenvalue weighted by Gasteiger charge is -2.18. The molecule has 0 heterocycles. The maximum atomic E-state index is 12.7. The van der Waals surface area contributed by atoms with Crippen molar-refractivity contribution in [2.75, 3.05) is 13.2 Å². The number of carbonyl (C=O) groups excluding carboxylic acids is 3. The highest BCUT2D eigenvalue weighted by Gasteiger charge is 2.19. The van der Waals surface area contributed by atoms with E-state index in [9.17, 15) is 14.4 Å². The van der Waals surface area contributed by atoms with Gasteiger partial charge in [-0.15, -0.1) is 0 Å². The summed E-state index contributed by atoms with van der Waals surface area (Å²) in [6.07, 6.45) is 57.6. The Morgan fingerprint density at radius 3 is 1.10 bits per heavy atom. The van der Waals surface area contributed by atoms with Gasteiger partial charge in [0, 0.05) is 19.3 Å². The quantitative estimate of drug-likeness (QED) is 0.0264. The Labute approximate surface area is 357 Å². The largest absolute Gasteiger partial charge is 0.462 e. The van der Waals surface area contributed by atoms with Gasteiger partial charge in [-0.05, 0) is 103 Å². The summed E-state index contributed by atoms with van der Waals surface area (Å²) in [7, 11) is 0. The first-order valence-electron chi connectivity index (χ1n) is 23.9. The zero-order valence-electron chi connectivity index (χ0n) is 37.8. The van der Waals surface area contributed by atoms with Gasteiger partial charge in [-0.3, -0.25) is 14.4 Å². The Balaban J connectivity index is 4.33. The minimum Gasteiger partial charge on any atom is -0.462 e. The second-order valence-corrected chi connectivity index (χ2v) is 15.6. The smallest absolute Gasteiger partial charge is 0.306 e. The van der Waals surface area contributed by atoms with Crippen molar-refractivity contribution in [1.29, 1.82) is 0 Å². The van der Waals surface area contributed by atoms with Gasteiger partial charge < -0.3 is 14.2 Å². The first-order chi connectivity index (χ1) is 28.5. The number of hydrogen-bond donors (Lipinski definition) is 0. The number of hydrogen-bond acceptors (Lipinski definition) is 6. The number of allylic oxidation sites excluding steroid dienone is 12. The van der Waals surface area contributed by atoms with Crippen LogP contribution in [0.1, 0.15) is 220 Å². The van der Waals surface area contributed by atoms with Crippen molar-refractivity contribution in [3.63, 3.8) is 0 Å². The van der Waals surface area contributed by atoms with Gasteiger partial charge in [0.2, 0.25) is 0 Å². The van der Waals surface area contributed by atoms with Gasteiger partial charge in [0.15, 0.2) is 6.10 Å². The molecule has 0 N–H and O–H groups in total. The van der Waals surface area contributed by atoms with Crippen LogP contribution < -0.4 is 0 Å². The van der Waals surface area contributed by atoms with E-state index in [1.165, 1.54) is 77.0 Å². The Morgan fingerprint density at radius 1 is 0.362 bits per heavy atom. The lowest BCUT2D eigenvalue weighted by atomic mass is 10.1. The van der Waals surface area contributed by atoms with Crippen LogP contribution in [-0.2, 0) is 28.6 Å². The second kappa shape index (κ2) is 46.5. The topological polar surface area (TPSA) is 78.9 Å². The third-order valence-electron chi connectivity index (χ3n) is 9.93. The SMILES string of the molecule is CC/C=C\C/C=C\C/C=C\CCCCCCCCCCCC(=O)OCC(COC(=O)CCCC/C=C\C/C=C\CC)OC(=O)CCCCCCC/C=C\CCCCC. The molecule has 0 aromatic rings. The van der Waals surface area contributed by atoms with Crippen molar-refractivity contribution in [3.8, 4) is 0 Å². The van der Waals surface area contributed by atoms with Crippen LogP contribution in [0.2, 0.25) is 0 Å². The number of esters is 3. The highest BCUT2D eigenvalue weighted by molar-refractivity contribution is 5.71. The molecular weight excluding hydrogens is 721 g/mol. The van der Waals surface area contributed by atoms with Crippen LogP contribution in [0.4, 0.5) is 0 Å². The van der Waals surface area contributed by atoms with E-state index in [-0.39, 0.29) is 31.1 Å². The fourth-order valence-corrected chi connectivity index (χ4v) is 6.37. The van der Waals surface area contributed by atoms with Crippen LogP contribution in [0.15, 0.2) is 72.9 Å². The maximum Gasteiger partial charge on any atom is 0.306 e. The molecule has 0 fully saturated rings. The van der Waals surface area contributed by atoms with Crippen LogP contribution >= 0.6 is 0 Å². The third kappa shape index (κ3) is 44.0. The molecule has 0 rings (SSSR count). The summed E-state index contributed by atoms with van der Waals surface area (Å²) in [5.74, 6) is -0.949. The first-order valence-corrected chi connectivity index (χ1v) is 23.9. The standard InChI is InChI=1S/C52H88O6/c1-4-7-10-13-16-19-21-23-24-25-26-27-28-29-31-33-36-39-42-45-51(54)57-48-49(47-56-50(53)44-41-38-35-32-18-15-12-9-6-3)58-52(55)46-43-40-37-34-30-22-20-17-14-11-8-5-2/h7,9-10,12,16-20,23-24,32,49H,4-6,8,11,13-15,21-22,25-31,33-48H2,1-3H3/b10-7-,12-9-,19-16-,20-17-,24-23-,32-18-. The molecule has 0 aromatic carbocycles. The lowest BCUT2D eigenvalue weighted by Crippen LogP contribution is -2.30.